The second kappa shape index (κ2) is 8.08. The summed E-state index contributed by atoms with van der Waals surface area (Å²) in [5, 5.41) is 9.65. The zero-order chi connectivity index (χ0) is 13.4. The fraction of sp³-hybridized carbons (Fsp3) is 0.571. The lowest BCUT2D eigenvalue weighted by Crippen LogP contribution is -2.32. The number of ether oxygens (including phenoxy) is 1. The highest BCUT2D eigenvalue weighted by atomic mass is 16.5. The molecule has 0 spiro atoms. The molecule has 0 saturated carbocycles. The lowest BCUT2D eigenvalue weighted by atomic mass is 10.1. The van der Waals surface area contributed by atoms with E-state index in [0.29, 0.717) is 19.5 Å². The molecule has 3 N–H and O–H groups in total. The second-order valence-corrected chi connectivity index (χ2v) is 4.59. The van der Waals surface area contributed by atoms with Crippen LogP contribution in [0.2, 0.25) is 0 Å². The van der Waals surface area contributed by atoms with Gasteiger partial charge in [-0.2, -0.15) is 0 Å². The average Bonchev–Trinajstić information content (AvgIpc) is 2.37. The van der Waals surface area contributed by atoms with Gasteiger partial charge in [0.15, 0.2) is 0 Å². The lowest BCUT2D eigenvalue weighted by Gasteiger charge is -2.20. The number of aliphatic hydroxyl groups excluding tert-OH is 1. The molecule has 0 aliphatic rings. The van der Waals surface area contributed by atoms with E-state index in [1.807, 2.05) is 19.2 Å². The fourth-order valence-electron chi connectivity index (χ4n) is 1.85. The van der Waals surface area contributed by atoms with E-state index in [1.54, 1.807) is 7.11 Å². The molecule has 4 nitrogen and oxygen atoms in total. The van der Waals surface area contributed by atoms with Crippen LogP contribution >= 0.6 is 0 Å². The molecule has 0 saturated heterocycles. The Morgan fingerprint density at radius 1 is 1.33 bits per heavy atom. The van der Waals surface area contributed by atoms with E-state index in [0.717, 1.165) is 18.7 Å². The first-order chi connectivity index (χ1) is 8.65. The zero-order valence-electron chi connectivity index (χ0n) is 11.3. The number of nitrogens with two attached hydrogens (primary N) is 1. The van der Waals surface area contributed by atoms with Crippen molar-refractivity contribution in [2.75, 3.05) is 33.8 Å². The minimum absolute atomic E-state index is 0.323. The first-order valence-corrected chi connectivity index (χ1v) is 6.35. The summed E-state index contributed by atoms with van der Waals surface area (Å²) in [6.07, 6.45) is 1.30. The Kier molecular flexibility index (Phi) is 6.72. The van der Waals surface area contributed by atoms with E-state index in [4.69, 9.17) is 10.5 Å². The van der Waals surface area contributed by atoms with E-state index in [2.05, 4.69) is 17.0 Å². The maximum atomic E-state index is 9.65. The predicted octanol–water partition coefficient (Wildman–Crippen LogP) is 0.879. The molecule has 102 valence electrons. The van der Waals surface area contributed by atoms with Crippen LogP contribution in [-0.2, 0) is 6.42 Å². The molecule has 0 bridgehead atoms. The van der Waals surface area contributed by atoms with Gasteiger partial charge in [0.1, 0.15) is 5.75 Å². The maximum Gasteiger partial charge on any atom is 0.118 e. The van der Waals surface area contributed by atoms with Gasteiger partial charge in [-0.3, -0.25) is 0 Å². The summed E-state index contributed by atoms with van der Waals surface area (Å²) in [6.45, 7) is 2.13. The van der Waals surface area contributed by atoms with Crippen molar-refractivity contribution >= 4 is 0 Å². The molecule has 0 aliphatic heterocycles. The molecule has 18 heavy (non-hydrogen) atoms. The third-order valence-electron chi connectivity index (χ3n) is 2.96. The molecular formula is C14H24N2O2. The van der Waals surface area contributed by atoms with Crippen molar-refractivity contribution in [3.63, 3.8) is 0 Å². The minimum atomic E-state index is -0.323. The monoisotopic (exact) mass is 252 g/mol. The van der Waals surface area contributed by atoms with Crippen LogP contribution in [0.3, 0.4) is 0 Å². The van der Waals surface area contributed by atoms with Crippen LogP contribution in [0.5, 0.6) is 5.75 Å². The standard InChI is InChI=1S/C14H24N2O2/c1-16(11-13(17)7-9-15)10-8-12-3-5-14(18-2)6-4-12/h3-6,13,17H,7-11,15H2,1-2H3. The minimum Gasteiger partial charge on any atom is -0.497 e. The number of likely N-dealkylation sites (N-methyl/N-ethyl adjacent to an activating group) is 1. The van der Waals surface area contributed by atoms with Gasteiger partial charge >= 0.3 is 0 Å². The summed E-state index contributed by atoms with van der Waals surface area (Å²) in [6, 6.07) is 8.09. The van der Waals surface area contributed by atoms with Crippen LogP contribution in [0.4, 0.5) is 0 Å². The molecule has 0 fully saturated rings. The van der Waals surface area contributed by atoms with Crippen LogP contribution < -0.4 is 10.5 Å². The van der Waals surface area contributed by atoms with E-state index in [1.165, 1.54) is 5.56 Å². The number of nitrogens with zero attached hydrogens (tertiary/aromatic N) is 1. The maximum absolute atomic E-state index is 9.65. The number of aliphatic hydroxyl groups is 1. The molecule has 1 unspecified atom stereocenters. The summed E-state index contributed by atoms with van der Waals surface area (Å²) in [5.41, 5.74) is 6.68. The largest absolute Gasteiger partial charge is 0.497 e. The average molecular weight is 252 g/mol. The molecule has 1 aromatic rings. The fourth-order valence-corrected chi connectivity index (χ4v) is 1.85. The highest BCUT2D eigenvalue weighted by Gasteiger charge is 2.07. The molecule has 1 aromatic carbocycles. The Bertz CT molecular complexity index is 327. The summed E-state index contributed by atoms with van der Waals surface area (Å²) in [5.74, 6) is 0.880. The summed E-state index contributed by atoms with van der Waals surface area (Å²) >= 11 is 0. The topological polar surface area (TPSA) is 58.7 Å². The zero-order valence-corrected chi connectivity index (χ0v) is 11.3. The van der Waals surface area contributed by atoms with Crippen molar-refractivity contribution < 1.29 is 9.84 Å². The van der Waals surface area contributed by atoms with Crippen LogP contribution in [0.1, 0.15) is 12.0 Å². The van der Waals surface area contributed by atoms with Crippen LogP contribution in [0.25, 0.3) is 0 Å². The van der Waals surface area contributed by atoms with Gasteiger partial charge in [-0.05, 0) is 44.1 Å². The second-order valence-electron chi connectivity index (χ2n) is 4.59. The third-order valence-corrected chi connectivity index (χ3v) is 2.96. The van der Waals surface area contributed by atoms with E-state index in [9.17, 15) is 5.11 Å². The molecule has 0 aromatic heterocycles. The summed E-state index contributed by atoms with van der Waals surface area (Å²) in [7, 11) is 3.69. The van der Waals surface area contributed by atoms with Gasteiger partial charge in [0, 0.05) is 13.1 Å². The summed E-state index contributed by atoms with van der Waals surface area (Å²) in [4.78, 5) is 2.13. The van der Waals surface area contributed by atoms with Crippen LogP contribution in [0, 0.1) is 0 Å². The van der Waals surface area contributed by atoms with E-state index < -0.39 is 0 Å². The van der Waals surface area contributed by atoms with Crippen molar-refractivity contribution in [3.8, 4) is 5.75 Å². The highest BCUT2D eigenvalue weighted by Crippen LogP contribution is 2.11. The number of hydrogen-bond donors (Lipinski definition) is 2. The van der Waals surface area contributed by atoms with Gasteiger partial charge in [-0.1, -0.05) is 12.1 Å². The molecule has 0 amide bonds. The van der Waals surface area contributed by atoms with Crippen LogP contribution in [0.15, 0.2) is 24.3 Å². The number of rotatable bonds is 8. The number of methoxy groups -OCH3 is 1. The van der Waals surface area contributed by atoms with Gasteiger partial charge in [0.2, 0.25) is 0 Å². The van der Waals surface area contributed by atoms with Crippen molar-refractivity contribution in [1.29, 1.82) is 0 Å². The van der Waals surface area contributed by atoms with Crippen molar-refractivity contribution in [2.45, 2.75) is 18.9 Å². The summed E-state index contributed by atoms with van der Waals surface area (Å²) < 4.78 is 5.12. The van der Waals surface area contributed by atoms with E-state index >= 15 is 0 Å². The number of hydrogen-bond acceptors (Lipinski definition) is 4. The molecule has 1 rings (SSSR count). The highest BCUT2D eigenvalue weighted by molar-refractivity contribution is 5.27. The van der Waals surface area contributed by atoms with Gasteiger partial charge < -0.3 is 20.5 Å². The lowest BCUT2D eigenvalue weighted by molar-refractivity contribution is 0.120. The normalized spacial score (nSPS) is 12.7. The Hall–Kier alpha value is -1.10. The van der Waals surface area contributed by atoms with Gasteiger partial charge in [0.05, 0.1) is 13.2 Å². The van der Waals surface area contributed by atoms with Gasteiger partial charge in [-0.15, -0.1) is 0 Å². The molecule has 0 aliphatic carbocycles. The van der Waals surface area contributed by atoms with Crippen molar-refractivity contribution in [3.05, 3.63) is 29.8 Å². The van der Waals surface area contributed by atoms with Gasteiger partial charge in [-0.25, -0.2) is 0 Å². The Balaban J connectivity index is 2.30. The molecule has 0 radical (unpaired) electrons. The van der Waals surface area contributed by atoms with E-state index in [-0.39, 0.29) is 6.10 Å². The molecule has 1 atom stereocenters. The van der Waals surface area contributed by atoms with Crippen LogP contribution in [-0.4, -0.2) is 49.9 Å². The Morgan fingerprint density at radius 3 is 2.56 bits per heavy atom. The first kappa shape index (κ1) is 15.0. The quantitative estimate of drug-likeness (QED) is 0.721. The number of benzene rings is 1. The Labute approximate surface area is 109 Å². The first-order valence-electron chi connectivity index (χ1n) is 6.35. The molecule has 4 heteroatoms. The Morgan fingerprint density at radius 2 is 2.00 bits per heavy atom. The molecular weight excluding hydrogens is 228 g/mol. The SMILES string of the molecule is COc1ccc(CCN(C)CC(O)CCN)cc1. The smallest absolute Gasteiger partial charge is 0.118 e. The predicted molar refractivity (Wildman–Crippen MR) is 73.9 cm³/mol. The van der Waals surface area contributed by atoms with Crippen molar-refractivity contribution in [2.24, 2.45) is 5.73 Å². The molecule has 0 heterocycles. The third kappa shape index (κ3) is 5.49. The van der Waals surface area contributed by atoms with Crippen molar-refractivity contribution in [1.82, 2.24) is 4.90 Å². The van der Waals surface area contributed by atoms with Gasteiger partial charge in [0.25, 0.3) is 0 Å².